The van der Waals surface area contributed by atoms with Gasteiger partial charge in [-0.1, -0.05) is 39.8 Å². The molecule has 1 amide bonds. The molecule has 1 aromatic carbocycles. The minimum absolute atomic E-state index is 0.0518. The molecule has 1 fully saturated rings. The Balaban J connectivity index is 1.86. The Kier molecular flexibility index (Phi) is 7.65. The first-order valence-electron chi connectivity index (χ1n) is 13.9. The topological polar surface area (TPSA) is 117 Å². The molecule has 5 rings (SSSR count). The summed E-state index contributed by atoms with van der Waals surface area (Å²) in [7, 11) is 0. The van der Waals surface area contributed by atoms with Crippen molar-refractivity contribution >= 4 is 22.9 Å². The molecule has 1 aliphatic rings. The molecule has 4 heterocycles. The lowest BCUT2D eigenvalue weighted by Crippen LogP contribution is -2.58. The third kappa shape index (κ3) is 4.94. The summed E-state index contributed by atoms with van der Waals surface area (Å²) in [5.41, 5.74) is 0.666. The summed E-state index contributed by atoms with van der Waals surface area (Å²) in [6.45, 7) is 11.7. The number of fused-ring (bicyclic) bond motifs is 1. The van der Waals surface area contributed by atoms with Crippen molar-refractivity contribution in [1.82, 2.24) is 29.4 Å². The van der Waals surface area contributed by atoms with E-state index in [1.54, 1.807) is 24.8 Å². The number of anilines is 1. The Labute approximate surface area is 241 Å². The van der Waals surface area contributed by atoms with Crippen molar-refractivity contribution in [3.05, 3.63) is 70.2 Å². The van der Waals surface area contributed by atoms with Gasteiger partial charge in [-0.25, -0.2) is 37.9 Å². The van der Waals surface area contributed by atoms with E-state index in [9.17, 15) is 19.1 Å². The average molecular weight is 578 g/mol. The number of halogens is 2. The van der Waals surface area contributed by atoms with Gasteiger partial charge >= 0.3 is 11.8 Å². The molecule has 1 N–H and O–H groups in total. The van der Waals surface area contributed by atoms with Gasteiger partial charge in [0.2, 0.25) is 0 Å². The van der Waals surface area contributed by atoms with Gasteiger partial charge in [-0.2, -0.15) is 4.98 Å². The number of piperazine rings is 1. The second-order valence-corrected chi connectivity index (χ2v) is 11.3. The molecule has 0 spiro atoms. The van der Waals surface area contributed by atoms with Crippen LogP contribution in [0.4, 0.5) is 19.4 Å². The van der Waals surface area contributed by atoms with E-state index in [0.29, 0.717) is 17.1 Å². The Morgan fingerprint density at radius 3 is 2.10 bits per heavy atom. The maximum absolute atomic E-state index is 15.8. The van der Waals surface area contributed by atoms with Crippen LogP contribution in [0.2, 0.25) is 0 Å². The number of amides is 1. The largest absolute Gasteiger partial charge is 0.465 e. The van der Waals surface area contributed by atoms with Crippen molar-refractivity contribution in [2.24, 2.45) is 0 Å². The zero-order chi connectivity index (χ0) is 30.5. The lowest BCUT2D eigenvalue weighted by Gasteiger charge is -2.43. The number of pyridine rings is 1. The lowest BCUT2D eigenvalue weighted by atomic mass is 10.0. The van der Waals surface area contributed by atoms with E-state index in [1.165, 1.54) is 40.1 Å². The Bertz CT molecular complexity index is 1700. The van der Waals surface area contributed by atoms with Crippen molar-refractivity contribution in [2.45, 2.75) is 65.5 Å². The summed E-state index contributed by atoms with van der Waals surface area (Å²) < 4.78 is 32.0. The van der Waals surface area contributed by atoms with Crippen LogP contribution in [0, 0.1) is 11.6 Å². The molecule has 0 aliphatic carbocycles. The molecule has 0 unspecified atom stereocenters. The number of rotatable bonds is 5. The van der Waals surface area contributed by atoms with E-state index in [-0.39, 0.29) is 53.0 Å². The van der Waals surface area contributed by atoms with Crippen LogP contribution in [0.5, 0.6) is 0 Å². The molecular weight excluding hydrogens is 544 g/mol. The van der Waals surface area contributed by atoms with Crippen molar-refractivity contribution in [3.63, 3.8) is 0 Å². The van der Waals surface area contributed by atoms with Crippen LogP contribution in [-0.2, 0) is 0 Å². The summed E-state index contributed by atoms with van der Waals surface area (Å²) >= 11 is 0. The molecule has 1 aliphatic heterocycles. The lowest BCUT2D eigenvalue weighted by molar-refractivity contribution is 0.0981. The highest BCUT2D eigenvalue weighted by atomic mass is 19.1. The molecular formula is C30H33F2N7O3. The monoisotopic (exact) mass is 577 g/mol. The molecule has 42 heavy (non-hydrogen) atoms. The number of nitrogens with zero attached hydrogens (tertiary/aromatic N) is 7. The highest BCUT2D eigenvalue weighted by Gasteiger charge is 2.35. The van der Waals surface area contributed by atoms with Crippen LogP contribution in [0.15, 0.2) is 41.5 Å². The van der Waals surface area contributed by atoms with Gasteiger partial charge in [0.1, 0.15) is 29.5 Å². The molecule has 1 saturated heterocycles. The molecule has 0 saturated carbocycles. The molecule has 0 radical (unpaired) electrons. The predicted octanol–water partition coefficient (Wildman–Crippen LogP) is 5.34. The van der Waals surface area contributed by atoms with E-state index < -0.39 is 35.5 Å². The molecule has 0 bridgehead atoms. The normalized spacial score (nSPS) is 17.5. The Hall–Kier alpha value is -4.48. The maximum atomic E-state index is 15.8. The summed E-state index contributed by atoms with van der Waals surface area (Å²) in [5, 5.41) is 9.92. The maximum Gasteiger partial charge on any atom is 0.407 e. The smallest absolute Gasteiger partial charge is 0.407 e. The van der Waals surface area contributed by atoms with E-state index in [4.69, 9.17) is 0 Å². The Morgan fingerprint density at radius 2 is 1.55 bits per heavy atom. The highest BCUT2D eigenvalue weighted by molar-refractivity contribution is 5.90. The zero-order valence-corrected chi connectivity index (χ0v) is 24.3. The quantitative estimate of drug-likeness (QED) is 0.338. The van der Waals surface area contributed by atoms with Crippen LogP contribution in [0.25, 0.3) is 28.0 Å². The number of carboxylic acid groups (broad SMARTS) is 1. The fraction of sp³-hybridized carbons (Fsp3) is 0.400. The minimum atomic E-state index is -1.04. The van der Waals surface area contributed by atoms with Gasteiger partial charge in [0.15, 0.2) is 5.65 Å². The first kappa shape index (κ1) is 29.0. The number of aromatic nitrogens is 5. The number of hydrogen-bond donors (Lipinski definition) is 1. The van der Waals surface area contributed by atoms with E-state index in [2.05, 4.69) is 19.9 Å². The summed E-state index contributed by atoms with van der Waals surface area (Å²) in [6.07, 6.45) is 0.405. The number of carbonyl (C=O) groups is 1. The van der Waals surface area contributed by atoms with Crippen molar-refractivity contribution in [3.8, 4) is 16.9 Å². The average Bonchev–Trinajstić information content (AvgIpc) is 2.92. The summed E-state index contributed by atoms with van der Waals surface area (Å²) in [5.74, 6) is -1.49. The second kappa shape index (κ2) is 11.1. The fourth-order valence-corrected chi connectivity index (χ4v) is 5.74. The van der Waals surface area contributed by atoms with Gasteiger partial charge in [-0.05, 0) is 43.9 Å². The van der Waals surface area contributed by atoms with Crippen LogP contribution in [0.3, 0.4) is 0 Å². The third-order valence-corrected chi connectivity index (χ3v) is 7.57. The first-order chi connectivity index (χ1) is 19.9. The predicted molar refractivity (Wildman–Crippen MR) is 155 cm³/mol. The SMILES string of the molecule is CC(C)c1ncnc(C(C)C)c1-n1c(=O)nc(N2C[C@@H](C)N(C(=O)O)[C@@H](C)C2)c2cc(F)c(-c3ccccc3F)nc21. The van der Waals surface area contributed by atoms with Gasteiger partial charge in [0.25, 0.3) is 0 Å². The van der Waals surface area contributed by atoms with Gasteiger partial charge in [0, 0.05) is 18.7 Å². The fourth-order valence-electron chi connectivity index (χ4n) is 5.74. The number of benzene rings is 1. The number of hydrogen-bond acceptors (Lipinski definition) is 7. The van der Waals surface area contributed by atoms with Crippen LogP contribution in [-0.4, -0.2) is 65.8 Å². The second-order valence-electron chi connectivity index (χ2n) is 11.3. The molecule has 220 valence electrons. The summed E-state index contributed by atoms with van der Waals surface area (Å²) in [6, 6.07) is 6.09. The van der Waals surface area contributed by atoms with Crippen LogP contribution < -0.4 is 10.6 Å². The van der Waals surface area contributed by atoms with E-state index in [0.717, 1.165) is 0 Å². The van der Waals surface area contributed by atoms with E-state index >= 15 is 4.39 Å². The van der Waals surface area contributed by atoms with Gasteiger partial charge in [-0.3, -0.25) is 4.90 Å². The van der Waals surface area contributed by atoms with Crippen LogP contribution >= 0.6 is 0 Å². The van der Waals surface area contributed by atoms with Gasteiger partial charge < -0.3 is 10.0 Å². The molecule has 2 atom stereocenters. The Morgan fingerprint density at radius 1 is 0.952 bits per heavy atom. The zero-order valence-electron chi connectivity index (χ0n) is 24.3. The third-order valence-electron chi connectivity index (χ3n) is 7.57. The van der Waals surface area contributed by atoms with Crippen molar-refractivity contribution in [2.75, 3.05) is 18.0 Å². The van der Waals surface area contributed by atoms with Crippen molar-refractivity contribution in [1.29, 1.82) is 0 Å². The van der Waals surface area contributed by atoms with Crippen molar-refractivity contribution < 1.29 is 18.7 Å². The van der Waals surface area contributed by atoms with Crippen LogP contribution in [0.1, 0.15) is 64.8 Å². The summed E-state index contributed by atoms with van der Waals surface area (Å²) in [4.78, 5) is 47.0. The first-order valence-corrected chi connectivity index (χ1v) is 13.9. The molecule has 4 aromatic rings. The minimum Gasteiger partial charge on any atom is -0.465 e. The highest BCUT2D eigenvalue weighted by Crippen LogP contribution is 2.34. The molecule has 12 heteroatoms. The standard InChI is InChI=1S/C30H33F2N7O3/c1-15(2)23-26(24(16(3)4)34-14-33-23)39-28-20(11-22(32)25(35-28)19-9-7-8-10-21(19)31)27(36-29(39)40)37-12-17(5)38(30(41)42)18(6)13-37/h7-11,14-18H,12-13H2,1-6H3,(H,41,42)/t17-,18+. The van der Waals surface area contributed by atoms with Gasteiger partial charge in [-0.15, -0.1) is 0 Å². The molecule has 10 nitrogen and oxygen atoms in total. The molecule has 3 aromatic heterocycles. The van der Waals surface area contributed by atoms with Gasteiger partial charge in [0.05, 0.1) is 34.5 Å². The van der Waals surface area contributed by atoms with E-state index in [1.807, 2.05) is 27.7 Å².